The van der Waals surface area contributed by atoms with E-state index in [1.165, 1.54) is 22.5 Å². The van der Waals surface area contributed by atoms with Crippen LogP contribution >= 0.6 is 0 Å². The number of anilines is 1. The molecule has 2 aromatic carbocycles. The first-order valence-electron chi connectivity index (χ1n) is 10.6. The first-order valence-corrected chi connectivity index (χ1v) is 12.0. The van der Waals surface area contributed by atoms with E-state index in [4.69, 9.17) is 19.5 Å². The predicted molar refractivity (Wildman–Crippen MR) is 122 cm³/mol. The lowest BCUT2D eigenvalue weighted by Crippen LogP contribution is -2.40. The van der Waals surface area contributed by atoms with Crippen LogP contribution in [0.5, 0.6) is 11.5 Å². The zero-order valence-corrected chi connectivity index (χ0v) is 19.6. The Morgan fingerprint density at radius 3 is 2.36 bits per heavy atom. The summed E-state index contributed by atoms with van der Waals surface area (Å²) in [4.78, 5) is 12.9. The molecule has 0 aliphatic carbocycles. The van der Waals surface area contributed by atoms with Crippen molar-refractivity contribution in [3.63, 3.8) is 0 Å². The van der Waals surface area contributed by atoms with Gasteiger partial charge in [-0.3, -0.25) is 4.79 Å². The molecule has 0 aromatic heterocycles. The van der Waals surface area contributed by atoms with Gasteiger partial charge >= 0.3 is 0 Å². The third-order valence-electron chi connectivity index (χ3n) is 4.84. The number of hydrogen-bond acceptors (Lipinski definition) is 7. The van der Waals surface area contributed by atoms with Crippen LogP contribution in [0.2, 0.25) is 0 Å². The van der Waals surface area contributed by atoms with Gasteiger partial charge in [0.05, 0.1) is 41.5 Å². The van der Waals surface area contributed by atoms with Crippen molar-refractivity contribution in [1.82, 2.24) is 4.31 Å². The standard InChI is InChI=1S/C23H27N3O6S/c1-16(2)31-22-9-8-20(33(28,29)26-10-12-30-13-11-26)14-21(22)25-23(27)17(3)32-19-6-4-18(15-24)5-7-19/h4-9,14,16-17H,10-13H2,1-3H3,(H,25,27). The van der Waals surface area contributed by atoms with E-state index in [0.717, 1.165) is 0 Å². The molecule has 0 spiro atoms. The minimum absolute atomic E-state index is 0.0523. The number of hydrogen-bond donors (Lipinski definition) is 1. The fourth-order valence-electron chi connectivity index (χ4n) is 3.16. The van der Waals surface area contributed by atoms with E-state index in [9.17, 15) is 13.2 Å². The Hall–Kier alpha value is -3.13. The van der Waals surface area contributed by atoms with Crippen LogP contribution < -0.4 is 14.8 Å². The number of morpholine rings is 1. The molecule has 2 aromatic rings. The number of nitrogens with zero attached hydrogens (tertiary/aromatic N) is 2. The molecule has 33 heavy (non-hydrogen) atoms. The van der Waals surface area contributed by atoms with E-state index in [0.29, 0.717) is 30.3 Å². The van der Waals surface area contributed by atoms with Gasteiger partial charge in [0.2, 0.25) is 10.0 Å². The minimum Gasteiger partial charge on any atom is -0.489 e. The number of carbonyl (C=O) groups is 1. The summed E-state index contributed by atoms with van der Waals surface area (Å²) in [6.45, 7) is 6.45. The van der Waals surface area contributed by atoms with Crippen LogP contribution in [0.15, 0.2) is 47.4 Å². The van der Waals surface area contributed by atoms with Gasteiger partial charge in [-0.25, -0.2) is 8.42 Å². The number of amides is 1. The Morgan fingerprint density at radius 2 is 1.76 bits per heavy atom. The number of carbonyl (C=O) groups excluding carboxylic acids is 1. The molecule has 1 amide bonds. The van der Waals surface area contributed by atoms with Crippen LogP contribution in [0.25, 0.3) is 0 Å². The second kappa shape index (κ2) is 10.7. The molecule has 9 nitrogen and oxygen atoms in total. The van der Waals surface area contributed by atoms with E-state index in [-0.39, 0.29) is 29.8 Å². The van der Waals surface area contributed by atoms with Crippen molar-refractivity contribution < 1.29 is 27.4 Å². The third kappa shape index (κ3) is 6.22. The lowest BCUT2D eigenvalue weighted by Gasteiger charge is -2.26. The quantitative estimate of drug-likeness (QED) is 0.626. The number of benzene rings is 2. The van der Waals surface area contributed by atoms with Crippen molar-refractivity contribution in [1.29, 1.82) is 5.26 Å². The average molecular weight is 474 g/mol. The highest BCUT2D eigenvalue weighted by atomic mass is 32.2. The van der Waals surface area contributed by atoms with E-state index >= 15 is 0 Å². The predicted octanol–water partition coefficient (Wildman–Crippen LogP) is 2.77. The maximum Gasteiger partial charge on any atom is 0.265 e. The molecule has 1 atom stereocenters. The first kappa shape index (κ1) is 24.5. The maximum atomic E-state index is 13.1. The van der Waals surface area contributed by atoms with Crippen molar-refractivity contribution in [2.45, 2.75) is 37.9 Å². The maximum absolute atomic E-state index is 13.1. The second-order valence-electron chi connectivity index (χ2n) is 7.73. The molecular formula is C23H27N3O6S. The minimum atomic E-state index is -3.75. The molecule has 176 valence electrons. The number of nitriles is 1. The molecule has 3 rings (SSSR count). The molecule has 1 aliphatic heterocycles. The van der Waals surface area contributed by atoms with Crippen molar-refractivity contribution in [3.05, 3.63) is 48.0 Å². The van der Waals surface area contributed by atoms with Gasteiger partial charge in [-0.15, -0.1) is 0 Å². The molecule has 1 unspecified atom stereocenters. The summed E-state index contributed by atoms with van der Waals surface area (Å²) in [5.74, 6) is 0.303. The Morgan fingerprint density at radius 1 is 1.09 bits per heavy atom. The summed E-state index contributed by atoms with van der Waals surface area (Å²) in [6, 6.07) is 12.8. The summed E-state index contributed by atoms with van der Waals surface area (Å²) in [7, 11) is -3.75. The van der Waals surface area contributed by atoms with Crippen LogP contribution in [0, 0.1) is 11.3 Å². The van der Waals surface area contributed by atoms with Crippen molar-refractivity contribution in [2.75, 3.05) is 31.6 Å². The highest BCUT2D eigenvalue weighted by Crippen LogP contribution is 2.30. The Kier molecular flexibility index (Phi) is 7.92. The van der Waals surface area contributed by atoms with Gasteiger partial charge in [0.15, 0.2) is 6.10 Å². The van der Waals surface area contributed by atoms with E-state index in [1.807, 2.05) is 19.9 Å². The van der Waals surface area contributed by atoms with Crippen LogP contribution in [0.3, 0.4) is 0 Å². The Balaban J connectivity index is 1.81. The van der Waals surface area contributed by atoms with Gasteiger partial charge in [-0.2, -0.15) is 9.57 Å². The largest absolute Gasteiger partial charge is 0.489 e. The number of ether oxygens (including phenoxy) is 3. The first-order chi connectivity index (χ1) is 15.7. The van der Waals surface area contributed by atoms with Gasteiger partial charge in [0, 0.05) is 13.1 Å². The molecule has 1 fully saturated rings. The van der Waals surface area contributed by atoms with Gasteiger partial charge in [0.25, 0.3) is 5.91 Å². The van der Waals surface area contributed by atoms with Gasteiger partial charge in [-0.1, -0.05) is 0 Å². The molecule has 1 N–H and O–H groups in total. The summed E-state index contributed by atoms with van der Waals surface area (Å²) in [5.41, 5.74) is 0.714. The molecule has 0 saturated carbocycles. The smallest absolute Gasteiger partial charge is 0.265 e. The molecule has 1 aliphatic rings. The number of sulfonamides is 1. The summed E-state index contributed by atoms with van der Waals surface area (Å²) < 4.78 is 44.1. The molecule has 1 saturated heterocycles. The SMILES string of the molecule is CC(C)Oc1ccc(S(=O)(=O)N2CCOCC2)cc1NC(=O)C(C)Oc1ccc(C#N)cc1. The Bertz CT molecular complexity index is 1120. The highest BCUT2D eigenvalue weighted by Gasteiger charge is 2.28. The molecule has 1 heterocycles. The third-order valence-corrected chi connectivity index (χ3v) is 6.74. The summed E-state index contributed by atoms with van der Waals surface area (Å²) in [5, 5.41) is 11.6. The average Bonchev–Trinajstić information content (AvgIpc) is 2.80. The van der Waals surface area contributed by atoms with Gasteiger partial charge < -0.3 is 19.5 Å². The van der Waals surface area contributed by atoms with Crippen LogP contribution in [-0.4, -0.2) is 57.1 Å². The molecular weight excluding hydrogens is 446 g/mol. The van der Waals surface area contributed by atoms with E-state index in [2.05, 4.69) is 5.32 Å². The van der Waals surface area contributed by atoms with Crippen molar-refractivity contribution in [3.8, 4) is 17.6 Å². The van der Waals surface area contributed by atoms with Crippen LogP contribution in [-0.2, 0) is 19.6 Å². The van der Waals surface area contributed by atoms with E-state index < -0.39 is 22.0 Å². The zero-order valence-electron chi connectivity index (χ0n) is 18.8. The lowest BCUT2D eigenvalue weighted by atomic mass is 10.2. The Labute approximate surface area is 193 Å². The van der Waals surface area contributed by atoms with Gasteiger partial charge in [0.1, 0.15) is 11.5 Å². The monoisotopic (exact) mass is 473 g/mol. The number of rotatable bonds is 8. The summed E-state index contributed by atoms with van der Waals surface area (Å²) in [6.07, 6.45) is -1.07. The lowest BCUT2D eigenvalue weighted by molar-refractivity contribution is -0.122. The zero-order chi connectivity index (χ0) is 24.0. The van der Waals surface area contributed by atoms with Crippen LogP contribution in [0.1, 0.15) is 26.3 Å². The number of nitrogens with one attached hydrogen (secondary N) is 1. The van der Waals surface area contributed by atoms with Gasteiger partial charge in [-0.05, 0) is 63.2 Å². The highest BCUT2D eigenvalue weighted by molar-refractivity contribution is 7.89. The fourth-order valence-corrected chi connectivity index (χ4v) is 4.59. The topological polar surface area (TPSA) is 118 Å². The molecule has 0 radical (unpaired) electrons. The van der Waals surface area contributed by atoms with Crippen molar-refractivity contribution >= 4 is 21.6 Å². The fraction of sp³-hybridized carbons (Fsp3) is 0.391. The second-order valence-corrected chi connectivity index (χ2v) is 9.66. The molecule has 10 heteroatoms. The van der Waals surface area contributed by atoms with Crippen LogP contribution in [0.4, 0.5) is 5.69 Å². The normalized spacial score (nSPS) is 15.5. The summed E-state index contributed by atoms with van der Waals surface area (Å²) >= 11 is 0. The molecule has 0 bridgehead atoms. The van der Waals surface area contributed by atoms with Crippen molar-refractivity contribution in [2.24, 2.45) is 0 Å². The van der Waals surface area contributed by atoms with E-state index in [1.54, 1.807) is 31.2 Å².